The van der Waals surface area contributed by atoms with Crippen LogP contribution in [0.1, 0.15) is 30.6 Å². The SMILES string of the molecule is COc1cc(C(=O)NCCC(=O)NC(C)C)ccc1N. The molecule has 110 valence electrons. The van der Waals surface area contributed by atoms with Crippen molar-refractivity contribution < 1.29 is 14.3 Å². The number of hydrogen-bond donors (Lipinski definition) is 3. The van der Waals surface area contributed by atoms with Crippen LogP contribution in [0.15, 0.2) is 18.2 Å². The van der Waals surface area contributed by atoms with E-state index >= 15 is 0 Å². The van der Waals surface area contributed by atoms with Gasteiger partial charge < -0.3 is 21.1 Å². The van der Waals surface area contributed by atoms with E-state index in [1.807, 2.05) is 13.8 Å². The molecule has 0 bridgehead atoms. The third-order valence-corrected chi connectivity index (χ3v) is 2.58. The average molecular weight is 279 g/mol. The molecule has 6 heteroatoms. The van der Waals surface area contributed by atoms with Crippen LogP contribution in [0.4, 0.5) is 5.69 Å². The van der Waals surface area contributed by atoms with E-state index in [-0.39, 0.29) is 30.8 Å². The summed E-state index contributed by atoms with van der Waals surface area (Å²) >= 11 is 0. The highest BCUT2D eigenvalue weighted by Gasteiger charge is 2.09. The lowest BCUT2D eigenvalue weighted by molar-refractivity contribution is -0.121. The van der Waals surface area contributed by atoms with Crippen molar-refractivity contribution >= 4 is 17.5 Å². The number of hydrogen-bond acceptors (Lipinski definition) is 4. The normalized spacial score (nSPS) is 10.2. The fourth-order valence-electron chi connectivity index (χ4n) is 1.64. The number of ether oxygens (including phenoxy) is 1. The Labute approximate surface area is 118 Å². The van der Waals surface area contributed by atoms with Crippen LogP contribution >= 0.6 is 0 Å². The number of amides is 2. The van der Waals surface area contributed by atoms with Crippen LogP contribution in [-0.4, -0.2) is 31.5 Å². The number of carbonyl (C=O) groups excluding carboxylic acids is 2. The summed E-state index contributed by atoms with van der Waals surface area (Å²) in [4.78, 5) is 23.3. The summed E-state index contributed by atoms with van der Waals surface area (Å²) in [7, 11) is 1.49. The first-order chi connectivity index (χ1) is 9.43. The number of carbonyl (C=O) groups is 2. The van der Waals surface area contributed by atoms with Crippen molar-refractivity contribution in [3.8, 4) is 5.75 Å². The summed E-state index contributed by atoms with van der Waals surface area (Å²) < 4.78 is 5.05. The number of rotatable bonds is 6. The van der Waals surface area contributed by atoms with Gasteiger partial charge in [-0.2, -0.15) is 0 Å². The minimum atomic E-state index is -0.263. The summed E-state index contributed by atoms with van der Waals surface area (Å²) in [6.45, 7) is 4.05. The van der Waals surface area contributed by atoms with E-state index in [0.29, 0.717) is 17.0 Å². The lowest BCUT2D eigenvalue weighted by atomic mass is 10.1. The van der Waals surface area contributed by atoms with Gasteiger partial charge in [0.25, 0.3) is 5.91 Å². The molecule has 1 aromatic carbocycles. The molecule has 20 heavy (non-hydrogen) atoms. The Hall–Kier alpha value is -2.24. The fourth-order valence-corrected chi connectivity index (χ4v) is 1.64. The first kappa shape index (κ1) is 15.8. The van der Waals surface area contributed by atoms with E-state index in [1.54, 1.807) is 18.2 Å². The Bertz CT molecular complexity index is 487. The third-order valence-electron chi connectivity index (χ3n) is 2.58. The molecule has 1 rings (SSSR count). The fraction of sp³-hybridized carbons (Fsp3) is 0.429. The molecule has 0 heterocycles. The van der Waals surface area contributed by atoms with E-state index in [4.69, 9.17) is 10.5 Å². The molecule has 0 unspecified atom stereocenters. The molecule has 0 radical (unpaired) electrons. The maximum absolute atomic E-state index is 11.9. The van der Waals surface area contributed by atoms with Gasteiger partial charge in [0, 0.05) is 24.6 Å². The van der Waals surface area contributed by atoms with Gasteiger partial charge in [0.1, 0.15) is 5.75 Å². The molecule has 0 atom stereocenters. The number of methoxy groups -OCH3 is 1. The summed E-state index contributed by atoms with van der Waals surface area (Å²) in [6, 6.07) is 4.89. The van der Waals surface area contributed by atoms with Crippen molar-refractivity contribution in [1.29, 1.82) is 0 Å². The van der Waals surface area contributed by atoms with E-state index < -0.39 is 0 Å². The van der Waals surface area contributed by atoms with E-state index in [9.17, 15) is 9.59 Å². The lowest BCUT2D eigenvalue weighted by Crippen LogP contribution is -2.34. The predicted octanol–water partition coefficient (Wildman–Crippen LogP) is 0.922. The zero-order valence-corrected chi connectivity index (χ0v) is 12.0. The first-order valence-corrected chi connectivity index (χ1v) is 6.45. The van der Waals surface area contributed by atoms with Crippen LogP contribution in [0.25, 0.3) is 0 Å². The molecular formula is C14H21N3O3. The highest BCUT2D eigenvalue weighted by Crippen LogP contribution is 2.21. The minimum absolute atomic E-state index is 0.0878. The molecule has 0 saturated carbocycles. The average Bonchev–Trinajstić information content (AvgIpc) is 2.38. The number of benzene rings is 1. The van der Waals surface area contributed by atoms with Gasteiger partial charge in [0.05, 0.1) is 12.8 Å². The van der Waals surface area contributed by atoms with Gasteiger partial charge >= 0.3 is 0 Å². The second-order valence-corrected chi connectivity index (χ2v) is 4.68. The Balaban J connectivity index is 2.49. The zero-order chi connectivity index (χ0) is 15.1. The van der Waals surface area contributed by atoms with Gasteiger partial charge in [-0.15, -0.1) is 0 Å². The maximum atomic E-state index is 11.9. The second kappa shape index (κ2) is 7.37. The predicted molar refractivity (Wildman–Crippen MR) is 77.6 cm³/mol. The molecule has 0 aromatic heterocycles. The van der Waals surface area contributed by atoms with E-state index in [0.717, 1.165) is 0 Å². The van der Waals surface area contributed by atoms with Crippen LogP contribution in [0.2, 0.25) is 0 Å². The van der Waals surface area contributed by atoms with Gasteiger partial charge in [-0.1, -0.05) is 0 Å². The first-order valence-electron chi connectivity index (χ1n) is 6.45. The van der Waals surface area contributed by atoms with Gasteiger partial charge in [0.15, 0.2) is 0 Å². The third kappa shape index (κ3) is 4.79. The van der Waals surface area contributed by atoms with Crippen molar-refractivity contribution in [2.24, 2.45) is 0 Å². The second-order valence-electron chi connectivity index (χ2n) is 4.68. The molecule has 0 spiro atoms. The molecule has 0 aliphatic carbocycles. The Kier molecular flexibility index (Phi) is 5.83. The summed E-state index contributed by atoms with van der Waals surface area (Å²) in [5.41, 5.74) is 6.59. The zero-order valence-electron chi connectivity index (χ0n) is 12.0. The summed E-state index contributed by atoms with van der Waals surface area (Å²) in [5.74, 6) is 0.103. The van der Waals surface area contributed by atoms with Crippen molar-refractivity contribution in [3.05, 3.63) is 23.8 Å². The van der Waals surface area contributed by atoms with Crippen molar-refractivity contribution in [3.63, 3.8) is 0 Å². The maximum Gasteiger partial charge on any atom is 0.251 e. The Morgan fingerprint density at radius 1 is 1.35 bits per heavy atom. The van der Waals surface area contributed by atoms with Crippen molar-refractivity contribution in [1.82, 2.24) is 10.6 Å². The molecule has 6 nitrogen and oxygen atoms in total. The molecule has 1 aromatic rings. The number of nitrogens with two attached hydrogens (primary N) is 1. The molecular weight excluding hydrogens is 258 g/mol. The van der Waals surface area contributed by atoms with Gasteiger partial charge in [0.2, 0.25) is 5.91 Å². The van der Waals surface area contributed by atoms with Crippen molar-refractivity contribution in [2.75, 3.05) is 19.4 Å². The van der Waals surface area contributed by atoms with E-state index in [2.05, 4.69) is 10.6 Å². The number of nitrogens with one attached hydrogen (secondary N) is 2. The summed E-state index contributed by atoms with van der Waals surface area (Å²) in [5, 5.41) is 5.43. The summed E-state index contributed by atoms with van der Waals surface area (Å²) in [6.07, 6.45) is 0.246. The monoisotopic (exact) mass is 279 g/mol. The Morgan fingerprint density at radius 3 is 2.65 bits per heavy atom. The van der Waals surface area contributed by atoms with Crippen molar-refractivity contribution in [2.45, 2.75) is 26.3 Å². The highest BCUT2D eigenvalue weighted by molar-refractivity contribution is 5.95. The smallest absolute Gasteiger partial charge is 0.251 e. The topological polar surface area (TPSA) is 93.4 Å². The van der Waals surface area contributed by atoms with Crippen LogP contribution in [0, 0.1) is 0 Å². The Morgan fingerprint density at radius 2 is 2.05 bits per heavy atom. The van der Waals surface area contributed by atoms with Crippen LogP contribution in [-0.2, 0) is 4.79 Å². The van der Waals surface area contributed by atoms with E-state index in [1.165, 1.54) is 7.11 Å². The number of nitrogen functional groups attached to an aromatic ring is 1. The standard InChI is InChI=1S/C14H21N3O3/c1-9(2)17-13(18)6-7-16-14(19)10-4-5-11(15)12(8-10)20-3/h4-5,8-9H,6-7,15H2,1-3H3,(H,16,19)(H,17,18). The lowest BCUT2D eigenvalue weighted by Gasteiger charge is -2.10. The molecule has 2 amide bonds. The van der Waals surface area contributed by atoms with Gasteiger partial charge in [-0.05, 0) is 32.0 Å². The molecule has 0 aliphatic heterocycles. The van der Waals surface area contributed by atoms with Gasteiger partial charge in [-0.25, -0.2) is 0 Å². The van der Waals surface area contributed by atoms with Gasteiger partial charge in [-0.3, -0.25) is 9.59 Å². The molecule has 0 fully saturated rings. The van der Waals surface area contributed by atoms with Crippen LogP contribution in [0.5, 0.6) is 5.75 Å². The van der Waals surface area contributed by atoms with Crippen LogP contribution < -0.4 is 21.1 Å². The highest BCUT2D eigenvalue weighted by atomic mass is 16.5. The minimum Gasteiger partial charge on any atom is -0.495 e. The largest absolute Gasteiger partial charge is 0.495 e. The quantitative estimate of drug-likeness (QED) is 0.675. The molecule has 0 saturated heterocycles. The molecule has 4 N–H and O–H groups in total. The van der Waals surface area contributed by atoms with Crippen LogP contribution in [0.3, 0.4) is 0 Å². The molecule has 0 aliphatic rings. The number of anilines is 1.